The summed E-state index contributed by atoms with van der Waals surface area (Å²) >= 11 is 0. The summed E-state index contributed by atoms with van der Waals surface area (Å²) in [5, 5.41) is 12.3. The molecule has 2 saturated carbocycles. The third-order valence-electron chi connectivity index (χ3n) is 5.18. The van der Waals surface area contributed by atoms with Crippen molar-refractivity contribution in [2.75, 3.05) is 6.54 Å². The van der Waals surface area contributed by atoms with Crippen LogP contribution in [0.2, 0.25) is 0 Å². The molecule has 0 bridgehead atoms. The molecule has 3 rings (SSSR count). The van der Waals surface area contributed by atoms with Gasteiger partial charge in [0.1, 0.15) is 0 Å². The summed E-state index contributed by atoms with van der Waals surface area (Å²) in [4.78, 5) is 24.1. The predicted octanol–water partition coefficient (Wildman–Crippen LogP) is 1.89. The maximum Gasteiger partial charge on any atom is 0.311 e. The van der Waals surface area contributed by atoms with Gasteiger partial charge in [-0.05, 0) is 49.9 Å². The largest absolute Gasteiger partial charge is 0.481 e. The van der Waals surface area contributed by atoms with Crippen LogP contribution in [0.3, 0.4) is 0 Å². The van der Waals surface area contributed by atoms with Gasteiger partial charge in [0.15, 0.2) is 0 Å². The first-order valence-electron chi connectivity index (χ1n) is 8.96. The molecule has 0 spiro atoms. The molecule has 2 aliphatic carbocycles. The monoisotopic (exact) mass is 380 g/mol. The normalized spacial score (nSPS) is 19.7. The highest BCUT2D eigenvalue weighted by molar-refractivity contribution is 7.89. The number of amides is 1. The summed E-state index contributed by atoms with van der Waals surface area (Å²) in [7, 11) is -3.55. The Labute approximate surface area is 153 Å². The summed E-state index contributed by atoms with van der Waals surface area (Å²) in [5.41, 5.74) is -0.586. The van der Waals surface area contributed by atoms with E-state index in [1.165, 1.54) is 24.3 Å². The van der Waals surface area contributed by atoms with Crippen LogP contribution < -0.4 is 10.0 Å². The van der Waals surface area contributed by atoms with Crippen molar-refractivity contribution in [2.45, 2.75) is 55.9 Å². The van der Waals surface area contributed by atoms with E-state index in [1.54, 1.807) is 0 Å². The predicted molar refractivity (Wildman–Crippen MR) is 95.3 cm³/mol. The van der Waals surface area contributed by atoms with Crippen molar-refractivity contribution in [3.63, 3.8) is 0 Å². The minimum Gasteiger partial charge on any atom is -0.481 e. The zero-order valence-corrected chi connectivity index (χ0v) is 15.3. The highest BCUT2D eigenvalue weighted by Crippen LogP contribution is 2.36. The van der Waals surface area contributed by atoms with E-state index in [0.29, 0.717) is 18.4 Å². The highest BCUT2D eigenvalue weighted by atomic mass is 32.2. The maximum absolute atomic E-state index is 12.3. The molecule has 0 heterocycles. The molecule has 2 fully saturated rings. The molecule has 1 amide bonds. The van der Waals surface area contributed by atoms with Crippen LogP contribution >= 0.6 is 0 Å². The van der Waals surface area contributed by atoms with Gasteiger partial charge in [0.25, 0.3) is 5.91 Å². The minimum absolute atomic E-state index is 0.0191. The van der Waals surface area contributed by atoms with Crippen LogP contribution in [0.25, 0.3) is 0 Å². The Kier molecular flexibility index (Phi) is 5.34. The lowest BCUT2D eigenvalue weighted by Gasteiger charge is -2.33. The molecule has 2 aliphatic rings. The molecule has 142 valence electrons. The van der Waals surface area contributed by atoms with Gasteiger partial charge in [-0.1, -0.05) is 19.3 Å². The number of carboxylic acid groups (broad SMARTS) is 1. The van der Waals surface area contributed by atoms with E-state index >= 15 is 0 Å². The minimum atomic E-state index is -3.55. The molecule has 0 unspecified atom stereocenters. The van der Waals surface area contributed by atoms with Crippen LogP contribution in [0.1, 0.15) is 55.3 Å². The third-order valence-corrected chi connectivity index (χ3v) is 6.71. The Balaban J connectivity index is 1.63. The van der Waals surface area contributed by atoms with Crippen molar-refractivity contribution in [1.82, 2.24) is 10.0 Å². The van der Waals surface area contributed by atoms with Gasteiger partial charge in [0.2, 0.25) is 10.0 Å². The van der Waals surface area contributed by atoms with Crippen LogP contribution in [0.4, 0.5) is 0 Å². The van der Waals surface area contributed by atoms with Crippen LogP contribution in [-0.4, -0.2) is 38.0 Å². The Hall–Kier alpha value is -1.93. The second-order valence-corrected chi connectivity index (χ2v) is 8.96. The quantitative estimate of drug-likeness (QED) is 0.669. The van der Waals surface area contributed by atoms with Crippen LogP contribution in [0.15, 0.2) is 29.2 Å². The smallest absolute Gasteiger partial charge is 0.311 e. The Morgan fingerprint density at radius 2 is 1.69 bits per heavy atom. The average molecular weight is 380 g/mol. The number of hydrogen-bond acceptors (Lipinski definition) is 4. The first kappa shape index (κ1) is 18.8. The van der Waals surface area contributed by atoms with E-state index in [0.717, 1.165) is 32.1 Å². The number of aliphatic carboxylic acids is 1. The number of benzene rings is 1. The fourth-order valence-electron chi connectivity index (χ4n) is 3.32. The van der Waals surface area contributed by atoms with Crippen molar-refractivity contribution in [3.8, 4) is 0 Å². The van der Waals surface area contributed by atoms with Crippen LogP contribution in [0, 0.1) is 5.41 Å². The summed E-state index contributed by atoms with van der Waals surface area (Å²) in [5.74, 6) is -1.26. The Bertz CT molecular complexity index is 778. The second kappa shape index (κ2) is 7.36. The first-order valence-corrected chi connectivity index (χ1v) is 10.4. The van der Waals surface area contributed by atoms with Crippen LogP contribution in [0.5, 0.6) is 0 Å². The SMILES string of the molecule is O=C(NCC1(C(=O)O)CCCCC1)c1ccc(S(=O)(=O)NC2CC2)cc1. The number of hydrogen-bond donors (Lipinski definition) is 3. The summed E-state index contributed by atoms with van der Waals surface area (Å²) < 4.78 is 26.9. The first-order chi connectivity index (χ1) is 12.3. The maximum atomic E-state index is 12.3. The molecule has 0 aromatic heterocycles. The molecule has 3 N–H and O–H groups in total. The molecule has 0 aliphatic heterocycles. The van der Waals surface area contributed by atoms with Crippen LogP contribution in [-0.2, 0) is 14.8 Å². The lowest BCUT2D eigenvalue weighted by atomic mass is 9.74. The molecule has 0 atom stereocenters. The molecule has 1 aromatic carbocycles. The standard InChI is InChI=1S/C18H24N2O5S/c21-16(19-12-18(17(22)23)10-2-1-3-11-18)13-4-8-15(9-5-13)26(24,25)20-14-6-7-14/h4-5,8-9,14,20H,1-3,6-7,10-12H2,(H,19,21)(H,22,23). The molecular formula is C18H24N2O5S. The Morgan fingerprint density at radius 1 is 1.08 bits per heavy atom. The van der Waals surface area contributed by atoms with E-state index in [9.17, 15) is 23.1 Å². The second-order valence-electron chi connectivity index (χ2n) is 7.25. The fourth-order valence-corrected chi connectivity index (χ4v) is 4.63. The number of nitrogens with one attached hydrogen (secondary N) is 2. The van der Waals surface area contributed by atoms with E-state index in [1.807, 2.05) is 0 Å². The number of rotatable bonds is 7. The van der Waals surface area contributed by atoms with Gasteiger partial charge in [-0.25, -0.2) is 13.1 Å². The van der Waals surface area contributed by atoms with Crippen molar-refractivity contribution >= 4 is 21.9 Å². The van der Waals surface area contributed by atoms with E-state index in [4.69, 9.17) is 0 Å². The van der Waals surface area contributed by atoms with E-state index in [2.05, 4.69) is 10.0 Å². The topological polar surface area (TPSA) is 113 Å². The number of carbonyl (C=O) groups is 2. The van der Waals surface area contributed by atoms with Crippen molar-refractivity contribution < 1.29 is 23.1 Å². The van der Waals surface area contributed by atoms with Gasteiger partial charge in [-0.15, -0.1) is 0 Å². The lowest BCUT2D eigenvalue weighted by Crippen LogP contribution is -2.44. The fraction of sp³-hybridized carbons (Fsp3) is 0.556. The summed E-state index contributed by atoms with van der Waals surface area (Å²) in [6, 6.07) is 5.71. The number of sulfonamides is 1. The van der Waals surface area contributed by atoms with Gasteiger partial charge >= 0.3 is 5.97 Å². The molecular weight excluding hydrogens is 356 g/mol. The van der Waals surface area contributed by atoms with Crippen molar-refractivity contribution in [2.24, 2.45) is 5.41 Å². The van der Waals surface area contributed by atoms with E-state index in [-0.39, 0.29) is 17.5 Å². The van der Waals surface area contributed by atoms with Gasteiger partial charge in [0.05, 0.1) is 10.3 Å². The molecule has 8 heteroatoms. The molecule has 7 nitrogen and oxygen atoms in total. The average Bonchev–Trinajstić information content (AvgIpc) is 3.44. The van der Waals surface area contributed by atoms with Gasteiger partial charge in [0, 0.05) is 18.2 Å². The molecule has 0 radical (unpaired) electrons. The van der Waals surface area contributed by atoms with E-state index < -0.39 is 27.3 Å². The van der Waals surface area contributed by atoms with Gasteiger partial charge in [-0.2, -0.15) is 0 Å². The van der Waals surface area contributed by atoms with Gasteiger partial charge in [-0.3, -0.25) is 9.59 Å². The Morgan fingerprint density at radius 3 is 2.23 bits per heavy atom. The third kappa shape index (κ3) is 4.24. The highest BCUT2D eigenvalue weighted by Gasteiger charge is 2.39. The molecule has 0 saturated heterocycles. The van der Waals surface area contributed by atoms with Crippen molar-refractivity contribution in [1.29, 1.82) is 0 Å². The lowest BCUT2D eigenvalue weighted by molar-refractivity contribution is -0.150. The molecule has 1 aromatic rings. The summed E-state index contributed by atoms with van der Waals surface area (Å²) in [6.07, 6.45) is 5.55. The molecule has 26 heavy (non-hydrogen) atoms. The summed E-state index contributed by atoms with van der Waals surface area (Å²) in [6.45, 7) is 0.0878. The van der Waals surface area contributed by atoms with Crippen molar-refractivity contribution in [3.05, 3.63) is 29.8 Å². The zero-order valence-electron chi connectivity index (χ0n) is 14.5. The number of carbonyl (C=O) groups excluding carboxylic acids is 1. The number of carboxylic acids is 1. The zero-order chi connectivity index (χ0) is 18.8. The van der Waals surface area contributed by atoms with Gasteiger partial charge < -0.3 is 10.4 Å².